The Morgan fingerprint density at radius 1 is 1.29 bits per heavy atom. The third-order valence-corrected chi connectivity index (χ3v) is 2.32. The van der Waals surface area contributed by atoms with E-state index in [-0.39, 0.29) is 17.9 Å². The Morgan fingerprint density at radius 3 is 2.29 bits per heavy atom. The zero-order valence-corrected chi connectivity index (χ0v) is 9.49. The van der Waals surface area contributed by atoms with E-state index < -0.39 is 0 Å². The molecular formula is C10H17ClNO2-. The summed E-state index contributed by atoms with van der Waals surface area (Å²) < 4.78 is 0.800. The lowest BCUT2D eigenvalue weighted by Crippen LogP contribution is -3.00. The van der Waals surface area contributed by atoms with E-state index >= 15 is 0 Å². The molecule has 0 amide bonds. The summed E-state index contributed by atoms with van der Waals surface area (Å²) in [5, 5.41) is 9.26. The van der Waals surface area contributed by atoms with Crippen LogP contribution in [0.2, 0.25) is 0 Å². The largest absolute Gasteiger partial charge is 1.00 e. The summed E-state index contributed by atoms with van der Waals surface area (Å²) in [5.41, 5.74) is 1.14. The molecule has 0 saturated heterocycles. The van der Waals surface area contributed by atoms with Crippen molar-refractivity contribution < 1.29 is 23.0 Å². The Hall–Kier alpha value is -0.770. The maximum atomic E-state index is 9.26. The number of halogens is 1. The molecule has 0 fully saturated rings. The average Bonchev–Trinajstić information content (AvgIpc) is 2.05. The van der Waals surface area contributed by atoms with E-state index in [1.807, 2.05) is 18.2 Å². The fourth-order valence-electron chi connectivity index (χ4n) is 1.05. The minimum atomic E-state index is 0. The summed E-state index contributed by atoms with van der Waals surface area (Å²) in [5.74, 6) is 0.340. The molecule has 0 aliphatic rings. The Labute approximate surface area is 91.3 Å². The van der Waals surface area contributed by atoms with Gasteiger partial charge in [-0.25, -0.2) is 0 Å². The summed E-state index contributed by atoms with van der Waals surface area (Å²) in [6.07, 6.45) is 0. The van der Waals surface area contributed by atoms with Crippen molar-refractivity contribution >= 4 is 5.69 Å². The van der Waals surface area contributed by atoms with Crippen molar-refractivity contribution in [3.63, 3.8) is 0 Å². The summed E-state index contributed by atoms with van der Waals surface area (Å²) in [7, 11) is 4.24. The second kappa shape index (κ2) is 5.86. The highest BCUT2D eigenvalue weighted by Crippen LogP contribution is 2.22. The molecule has 1 rings (SSSR count). The highest BCUT2D eigenvalue weighted by atomic mass is 35.5. The first-order valence-corrected chi connectivity index (χ1v) is 4.19. The Balaban J connectivity index is 0. The van der Waals surface area contributed by atoms with Gasteiger partial charge in [0.25, 0.3) is 0 Å². The molecule has 0 bridgehead atoms. The molecule has 0 heterocycles. The first-order valence-electron chi connectivity index (χ1n) is 4.19. The van der Waals surface area contributed by atoms with Gasteiger partial charge in [0.15, 0.2) is 0 Å². The maximum Gasteiger partial charge on any atom is 0.136 e. The van der Waals surface area contributed by atoms with Crippen LogP contribution in [0.15, 0.2) is 24.3 Å². The standard InChI is InChI=1S/C10H15NO.ClH.H2O/c1-4-11(2,3)9-6-5-7-10(12)8-9;;/h5-8H,4H2,1-3H3;1H;1H2/p-1. The minimum absolute atomic E-state index is 0. The van der Waals surface area contributed by atoms with Gasteiger partial charge in [-0.2, -0.15) is 0 Å². The molecule has 0 atom stereocenters. The van der Waals surface area contributed by atoms with Crippen LogP contribution in [0.1, 0.15) is 6.92 Å². The van der Waals surface area contributed by atoms with Crippen LogP contribution in [0.5, 0.6) is 5.75 Å². The molecule has 14 heavy (non-hydrogen) atoms. The van der Waals surface area contributed by atoms with Gasteiger partial charge in [0.2, 0.25) is 0 Å². The molecular weight excluding hydrogens is 202 g/mol. The number of hydrogen-bond acceptors (Lipinski definition) is 2. The van der Waals surface area contributed by atoms with Crippen molar-refractivity contribution in [1.29, 1.82) is 0 Å². The third-order valence-electron chi connectivity index (χ3n) is 2.32. The van der Waals surface area contributed by atoms with Crippen molar-refractivity contribution in [3.05, 3.63) is 24.3 Å². The van der Waals surface area contributed by atoms with Gasteiger partial charge in [-0.1, -0.05) is 6.07 Å². The van der Waals surface area contributed by atoms with Crippen LogP contribution >= 0.6 is 0 Å². The van der Waals surface area contributed by atoms with Gasteiger partial charge >= 0.3 is 0 Å². The molecule has 1 aromatic carbocycles. The predicted octanol–water partition coefficient (Wildman–Crippen LogP) is -1.19. The first-order chi connectivity index (χ1) is 5.56. The molecule has 0 spiro atoms. The number of hydrogen-bond donors (Lipinski definition) is 1. The second-order valence-electron chi connectivity index (χ2n) is 3.52. The van der Waals surface area contributed by atoms with E-state index in [1.54, 1.807) is 6.07 Å². The number of phenolic OH excluding ortho intramolecular Hbond substituents is 1. The topological polar surface area (TPSA) is 50.2 Å². The van der Waals surface area contributed by atoms with Crippen molar-refractivity contribution in [2.75, 3.05) is 20.6 Å². The molecule has 0 aliphatic carbocycles. The zero-order chi connectivity index (χ0) is 9.19. The van der Waals surface area contributed by atoms with Gasteiger partial charge in [0.1, 0.15) is 11.4 Å². The van der Waals surface area contributed by atoms with Gasteiger partial charge < -0.3 is 23.0 Å². The lowest BCUT2D eigenvalue weighted by atomic mass is 10.2. The number of benzene rings is 1. The van der Waals surface area contributed by atoms with Crippen LogP contribution < -0.4 is 16.9 Å². The average molecular weight is 219 g/mol. The quantitative estimate of drug-likeness (QED) is 0.635. The first kappa shape index (κ1) is 15.7. The van der Waals surface area contributed by atoms with Crippen LogP contribution in [-0.2, 0) is 0 Å². The predicted molar refractivity (Wildman–Crippen MR) is 54.2 cm³/mol. The Morgan fingerprint density at radius 2 is 1.86 bits per heavy atom. The van der Waals surface area contributed by atoms with E-state index in [0.29, 0.717) is 5.75 Å². The van der Waals surface area contributed by atoms with Gasteiger partial charge in [-0.3, -0.25) is 4.48 Å². The fourth-order valence-corrected chi connectivity index (χ4v) is 1.05. The lowest BCUT2D eigenvalue weighted by Gasteiger charge is -2.27. The van der Waals surface area contributed by atoms with Gasteiger partial charge in [0, 0.05) is 6.07 Å². The number of aromatic hydroxyl groups is 1. The van der Waals surface area contributed by atoms with Crippen LogP contribution in [-0.4, -0.2) is 31.2 Å². The molecule has 0 unspecified atom stereocenters. The summed E-state index contributed by atoms with van der Waals surface area (Å²) >= 11 is 0. The molecule has 0 aromatic heterocycles. The molecule has 82 valence electrons. The van der Waals surface area contributed by atoms with Crippen LogP contribution in [0, 0.1) is 0 Å². The monoisotopic (exact) mass is 218 g/mol. The molecule has 3 nitrogen and oxygen atoms in total. The molecule has 4 heteroatoms. The van der Waals surface area contributed by atoms with Crippen molar-refractivity contribution in [1.82, 2.24) is 4.48 Å². The van der Waals surface area contributed by atoms with E-state index in [2.05, 4.69) is 21.0 Å². The van der Waals surface area contributed by atoms with E-state index in [9.17, 15) is 5.11 Å². The summed E-state index contributed by atoms with van der Waals surface area (Å²) in [6.45, 7) is 3.15. The van der Waals surface area contributed by atoms with Crippen molar-refractivity contribution in [3.8, 4) is 5.75 Å². The van der Waals surface area contributed by atoms with Gasteiger partial charge in [-0.05, 0) is 19.1 Å². The maximum absolute atomic E-state index is 9.26. The molecule has 0 radical (unpaired) electrons. The van der Waals surface area contributed by atoms with Crippen LogP contribution in [0.3, 0.4) is 0 Å². The minimum Gasteiger partial charge on any atom is -1.00 e. The number of nitrogens with zero attached hydrogens (tertiary/aromatic N) is 1. The summed E-state index contributed by atoms with van der Waals surface area (Å²) in [4.78, 5) is 0. The molecule has 1 aromatic rings. The van der Waals surface area contributed by atoms with Crippen LogP contribution in [0.25, 0.3) is 0 Å². The Kier molecular flexibility index (Phi) is 6.56. The molecule has 0 aliphatic heterocycles. The van der Waals surface area contributed by atoms with E-state index in [0.717, 1.165) is 16.7 Å². The van der Waals surface area contributed by atoms with Crippen molar-refractivity contribution in [2.24, 2.45) is 0 Å². The van der Waals surface area contributed by atoms with Gasteiger partial charge in [-0.15, -0.1) is 0 Å². The zero-order valence-electron chi connectivity index (χ0n) is 8.74. The highest BCUT2D eigenvalue weighted by molar-refractivity contribution is 5.46. The molecule has 2 N–H and O–H groups in total. The van der Waals surface area contributed by atoms with Crippen LogP contribution in [0.4, 0.5) is 5.69 Å². The lowest BCUT2D eigenvalue weighted by molar-refractivity contribution is -0.00000495. The Bertz CT molecular complexity index is 277. The smallest absolute Gasteiger partial charge is 0.136 e. The number of quaternary nitrogens is 1. The second-order valence-corrected chi connectivity index (χ2v) is 3.52. The van der Waals surface area contributed by atoms with Crippen molar-refractivity contribution in [2.45, 2.75) is 6.92 Å². The molecule has 0 saturated carbocycles. The number of rotatable bonds is 2. The number of phenols is 1. The normalized spacial score (nSPS) is 9.93. The van der Waals surface area contributed by atoms with Gasteiger partial charge in [0.05, 0.1) is 20.6 Å². The van der Waals surface area contributed by atoms with E-state index in [4.69, 9.17) is 0 Å². The van der Waals surface area contributed by atoms with E-state index in [1.165, 1.54) is 0 Å². The SMILES string of the molecule is CC[N+](C)(C)c1cccc(O)c1.[Cl-].[OH-]. The highest BCUT2D eigenvalue weighted by Gasteiger charge is 2.15. The fraction of sp³-hybridized carbons (Fsp3) is 0.400. The summed E-state index contributed by atoms with van der Waals surface area (Å²) in [6, 6.07) is 7.41. The third kappa shape index (κ3) is 3.54.